The third-order valence-electron chi connectivity index (χ3n) is 5.24. The highest BCUT2D eigenvalue weighted by Crippen LogP contribution is 2.28. The highest BCUT2D eigenvalue weighted by Gasteiger charge is 2.12. The molecule has 0 aliphatic heterocycles. The summed E-state index contributed by atoms with van der Waals surface area (Å²) in [5, 5.41) is 11.0. The molecule has 6 nitrogen and oxygen atoms in total. The summed E-state index contributed by atoms with van der Waals surface area (Å²) in [6.45, 7) is 1.21. The van der Waals surface area contributed by atoms with E-state index in [9.17, 15) is 0 Å². The number of nitrogens with zero attached hydrogens (tertiary/aromatic N) is 3. The van der Waals surface area contributed by atoms with Gasteiger partial charge in [0, 0.05) is 35.8 Å². The molecular formula is C27H23N5O. The molecule has 33 heavy (non-hydrogen) atoms. The van der Waals surface area contributed by atoms with Crippen molar-refractivity contribution in [3.05, 3.63) is 115 Å². The molecule has 0 aliphatic carbocycles. The molecule has 6 heteroatoms. The molecule has 5 aromatic rings. The van der Waals surface area contributed by atoms with Gasteiger partial charge in [0.2, 0.25) is 0 Å². The maximum atomic E-state index is 5.96. The number of ether oxygens (including phenoxy) is 1. The number of rotatable bonds is 8. The molecule has 0 saturated carbocycles. The molecule has 2 N–H and O–H groups in total. The molecule has 0 saturated heterocycles. The highest BCUT2D eigenvalue weighted by molar-refractivity contribution is 5.74. The minimum Gasteiger partial charge on any atom is -0.489 e. The summed E-state index contributed by atoms with van der Waals surface area (Å²) in [5.74, 6) is 2.11. The molecule has 0 bridgehead atoms. The summed E-state index contributed by atoms with van der Waals surface area (Å²) in [6, 6.07) is 30.0. The Morgan fingerprint density at radius 3 is 2.48 bits per heavy atom. The molecule has 2 heterocycles. The normalized spacial score (nSPS) is 10.7. The van der Waals surface area contributed by atoms with Gasteiger partial charge in [0.25, 0.3) is 0 Å². The van der Waals surface area contributed by atoms with Crippen LogP contribution in [0.5, 0.6) is 5.75 Å². The average Bonchev–Trinajstić information content (AvgIpc) is 3.38. The van der Waals surface area contributed by atoms with Crippen LogP contribution >= 0.6 is 0 Å². The second-order valence-electron chi connectivity index (χ2n) is 7.56. The average molecular weight is 434 g/mol. The largest absolute Gasteiger partial charge is 0.489 e. The molecule has 0 fully saturated rings. The van der Waals surface area contributed by atoms with Crippen molar-refractivity contribution in [3.8, 4) is 28.5 Å². The van der Waals surface area contributed by atoms with Gasteiger partial charge in [0.15, 0.2) is 11.6 Å². The van der Waals surface area contributed by atoms with E-state index in [1.807, 2.05) is 91.0 Å². The molecule has 0 spiro atoms. The van der Waals surface area contributed by atoms with Gasteiger partial charge >= 0.3 is 0 Å². The van der Waals surface area contributed by atoms with Gasteiger partial charge in [-0.1, -0.05) is 54.6 Å². The number of H-pyrrole nitrogens is 1. The number of benzene rings is 3. The minimum absolute atomic E-state index is 0.514. The van der Waals surface area contributed by atoms with Crippen molar-refractivity contribution >= 4 is 5.69 Å². The second-order valence-corrected chi connectivity index (χ2v) is 7.56. The Kier molecular flexibility index (Phi) is 6.06. The number of aromatic amines is 1. The maximum Gasteiger partial charge on any atom is 0.181 e. The van der Waals surface area contributed by atoms with E-state index >= 15 is 0 Å². The molecule has 2 aromatic heterocycles. The molecular weight excluding hydrogens is 410 g/mol. The van der Waals surface area contributed by atoms with Crippen LogP contribution in [0.1, 0.15) is 11.1 Å². The van der Waals surface area contributed by atoms with Crippen LogP contribution < -0.4 is 10.1 Å². The molecule has 5 rings (SSSR count). The third-order valence-corrected chi connectivity index (χ3v) is 5.24. The van der Waals surface area contributed by atoms with E-state index in [2.05, 4.69) is 20.5 Å². The molecule has 0 atom stereocenters. The number of anilines is 1. The van der Waals surface area contributed by atoms with E-state index in [0.29, 0.717) is 24.8 Å². The lowest BCUT2D eigenvalue weighted by atomic mass is 10.1. The first kappa shape index (κ1) is 20.5. The first-order chi connectivity index (χ1) is 16.3. The smallest absolute Gasteiger partial charge is 0.181 e. The Labute approximate surface area is 192 Å². The molecule has 162 valence electrons. The highest BCUT2D eigenvalue weighted by atomic mass is 16.5. The van der Waals surface area contributed by atoms with E-state index in [-0.39, 0.29) is 0 Å². The lowest BCUT2D eigenvalue weighted by Gasteiger charge is -2.10. The molecule has 0 unspecified atom stereocenters. The Hall–Kier alpha value is -4.45. The van der Waals surface area contributed by atoms with Crippen LogP contribution in [0.3, 0.4) is 0 Å². The lowest BCUT2D eigenvalue weighted by Crippen LogP contribution is -2.01. The van der Waals surface area contributed by atoms with Gasteiger partial charge in [-0.2, -0.15) is 5.10 Å². The van der Waals surface area contributed by atoms with Gasteiger partial charge in [-0.15, -0.1) is 0 Å². The van der Waals surface area contributed by atoms with E-state index < -0.39 is 0 Å². The Morgan fingerprint density at radius 2 is 1.61 bits per heavy atom. The van der Waals surface area contributed by atoms with E-state index in [0.717, 1.165) is 33.7 Å². The van der Waals surface area contributed by atoms with Crippen LogP contribution in [-0.2, 0) is 13.2 Å². The van der Waals surface area contributed by atoms with Crippen LogP contribution in [0.25, 0.3) is 22.8 Å². The zero-order valence-electron chi connectivity index (χ0n) is 18.0. The van der Waals surface area contributed by atoms with Gasteiger partial charge in [0.1, 0.15) is 12.4 Å². The van der Waals surface area contributed by atoms with Crippen molar-refractivity contribution in [1.29, 1.82) is 0 Å². The van der Waals surface area contributed by atoms with Gasteiger partial charge in [-0.05, 0) is 47.5 Å². The van der Waals surface area contributed by atoms with Crippen LogP contribution in [0.2, 0.25) is 0 Å². The number of hydrogen-bond donors (Lipinski definition) is 2. The van der Waals surface area contributed by atoms with E-state index in [4.69, 9.17) is 9.72 Å². The molecule has 0 amide bonds. The summed E-state index contributed by atoms with van der Waals surface area (Å²) >= 11 is 0. The zero-order valence-corrected chi connectivity index (χ0v) is 18.0. The number of nitrogens with one attached hydrogen (secondary N) is 2. The minimum atomic E-state index is 0.514. The predicted octanol–water partition coefficient (Wildman–Crippen LogP) is 5.72. The van der Waals surface area contributed by atoms with Gasteiger partial charge in [-0.3, -0.25) is 10.1 Å². The van der Waals surface area contributed by atoms with Crippen LogP contribution in [0.15, 0.2) is 103 Å². The van der Waals surface area contributed by atoms with Crippen LogP contribution in [0.4, 0.5) is 5.69 Å². The fraction of sp³-hybridized carbons (Fsp3) is 0.0741. The summed E-state index contributed by atoms with van der Waals surface area (Å²) < 4.78 is 5.96. The summed E-state index contributed by atoms with van der Waals surface area (Å²) in [5.41, 5.74) is 5.12. The van der Waals surface area contributed by atoms with Crippen molar-refractivity contribution in [1.82, 2.24) is 20.2 Å². The maximum absolute atomic E-state index is 5.96. The van der Waals surface area contributed by atoms with Crippen LogP contribution in [-0.4, -0.2) is 20.2 Å². The topological polar surface area (TPSA) is 75.7 Å². The molecule has 0 aliphatic rings. The number of aromatic nitrogens is 4. The lowest BCUT2D eigenvalue weighted by molar-refractivity contribution is 0.306. The SMILES string of the molecule is c1ccc(COc2cccc(-c3n[nH]c(-c4ccccc4NCc4ccncc4)n3)c2)cc1. The first-order valence-corrected chi connectivity index (χ1v) is 10.8. The fourth-order valence-electron chi connectivity index (χ4n) is 3.52. The summed E-state index contributed by atoms with van der Waals surface area (Å²) in [7, 11) is 0. The van der Waals surface area contributed by atoms with Gasteiger partial charge in [-0.25, -0.2) is 4.98 Å². The standard InChI is InChI=1S/C27H23N5O/c1-2-7-21(8-3-1)19-33-23-10-6-9-22(17-23)26-30-27(32-31-26)24-11-4-5-12-25(24)29-18-20-13-15-28-16-14-20/h1-17,29H,18-19H2,(H,30,31,32). The summed E-state index contributed by atoms with van der Waals surface area (Å²) in [4.78, 5) is 8.82. The van der Waals surface area contributed by atoms with Crippen LogP contribution in [0, 0.1) is 0 Å². The molecule has 3 aromatic carbocycles. The van der Waals surface area contributed by atoms with Crippen molar-refractivity contribution in [2.24, 2.45) is 0 Å². The van der Waals surface area contributed by atoms with Gasteiger partial charge in [0.05, 0.1) is 0 Å². The Morgan fingerprint density at radius 1 is 0.788 bits per heavy atom. The van der Waals surface area contributed by atoms with Crippen molar-refractivity contribution in [3.63, 3.8) is 0 Å². The monoisotopic (exact) mass is 433 g/mol. The number of hydrogen-bond acceptors (Lipinski definition) is 5. The van der Waals surface area contributed by atoms with Crippen molar-refractivity contribution < 1.29 is 4.74 Å². The number of pyridine rings is 1. The third kappa shape index (κ3) is 5.07. The first-order valence-electron chi connectivity index (χ1n) is 10.8. The van der Waals surface area contributed by atoms with E-state index in [1.165, 1.54) is 0 Å². The zero-order chi connectivity index (χ0) is 22.3. The second kappa shape index (κ2) is 9.78. The summed E-state index contributed by atoms with van der Waals surface area (Å²) in [6.07, 6.45) is 3.59. The predicted molar refractivity (Wildman–Crippen MR) is 130 cm³/mol. The van der Waals surface area contributed by atoms with E-state index in [1.54, 1.807) is 12.4 Å². The molecule has 0 radical (unpaired) electrons. The fourth-order valence-corrected chi connectivity index (χ4v) is 3.52. The van der Waals surface area contributed by atoms with Crippen molar-refractivity contribution in [2.45, 2.75) is 13.2 Å². The number of para-hydroxylation sites is 1. The van der Waals surface area contributed by atoms with Crippen molar-refractivity contribution in [2.75, 3.05) is 5.32 Å². The van der Waals surface area contributed by atoms with Gasteiger partial charge < -0.3 is 10.1 Å². The Balaban J connectivity index is 1.32. The quantitative estimate of drug-likeness (QED) is 0.327. The Bertz CT molecular complexity index is 1320.